The van der Waals surface area contributed by atoms with Crippen LogP contribution in [-0.4, -0.2) is 29.1 Å². The van der Waals surface area contributed by atoms with Gasteiger partial charge in [-0.1, -0.05) is 41.5 Å². The Hall–Kier alpha value is -0.570. The summed E-state index contributed by atoms with van der Waals surface area (Å²) in [4.78, 5) is 14.8. The highest BCUT2D eigenvalue weighted by molar-refractivity contribution is 5.84. The van der Waals surface area contributed by atoms with Crippen LogP contribution in [0, 0.1) is 17.8 Å². The van der Waals surface area contributed by atoms with Crippen LogP contribution in [0.15, 0.2) is 0 Å². The predicted molar refractivity (Wildman–Crippen MR) is 80.8 cm³/mol. The Labute approximate surface area is 119 Å². The van der Waals surface area contributed by atoms with E-state index < -0.39 is 0 Å². The van der Waals surface area contributed by atoms with Crippen molar-refractivity contribution in [1.29, 1.82) is 0 Å². The molecule has 1 aliphatic heterocycles. The summed E-state index contributed by atoms with van der Waals surface area (Å²) in [5.41, 5.74) is 0. The van der Waals surface area contributed by atoms with Crippen molar-refractivity contribution in [3.05, 3.63) is 0 Å². The zero-order valence-electron chi connectivity index (χ0n) is 13.7. The third kappa shape index (κ3) is 4.20. The molecule has 19 heavy (non-hydrogen) atoms. The van der Waals surface area contributed by atoms with Crippen molar-refractivity contribution in [1.82, 2.24) is 10.2 Å². The van der Waals surface area contributed by atoms with Crippen molar-refractivity contribution >= 4 is 5.91 Å². The summed E-state index contributed by atoms with van der Waals surface area (Å²) in [6, 6.07) is 0.339. The van der Waals surface area contributed by atoms with Crippen LogP contribution in [0.25, 0.3) is 0 Å². The maximum Gasteiger partial charge on any atom is 0.241 e. The number of nitrogens with zero attached hydrogens (tertiary/aromatic N) is 1. The highest BCUT2D eigenvalue weighted by Gasteiger charge is 2.42. The van der Waals surface area contributed by atoms with Crippen LogP contribution in [0.5, 0.6) is 0 Å². The van der Waals surface area contributed by atoms with E-state index in [0.29, 0.717) is 29.7 Å². The highest BCUT2D eigenvalue weighted by Crippen LogP contribution is 2.26. The molecular weight excluding hydrogens is 236 g/mol. The third-order valence-corrected chi connectivity index (χ3v) is 3.85. The molecule has 0 aromatic rings. The van der Waals surface area contributed by atoms with Gasteiger partial charge in [0.25, 0.3) is 0 Å². The van der Waals surface area contributed by atoms with E-state index >= 15 is 0 Å². The van der Waals surface area contributed by atoms with Crippen LogP contribution in [0.4, 0.5) is 0 Å². The number of rotatable bonds is 6. The van der Waals surface area contributed by atoms with E-state index in [-0.39, 0.29) is 12.2 Å². The molecule has 3 unspecified atom stereocenters. The summed E-state index contributed by atoms with van der Waals surface area (Å²) in [5, 5.41) is 3.55. The lowest BCUT2D eigenvalue weighted by atomic mass is 10.0. The summed E-state index contributed by atoms with van der Waals surface area (Å²) in [5.74, 6) is 1.94. The Morgan fingerprint density at radius 2 is 1.63 bits per heavy atom. The lowest BCUT2D eigenvalue weighted by Crippen LogP contribution is -2.46. The summed E-state index contributed by atoms with van der Waals surface area (Å²) in [7, 11) is 0. The topological polar surface area (TPSA) is 32.3 Å². The summed E-state index contributed by atoms with van der Waals surface area (Å²) in [6.45, 7) is 15.4. The standard InChI is InChI=1S/C16H32N2O/c1-10(2)8-13(7)18-15(12(5)6)17-14(16(18)19)9-11(3)4/h10-15,17H,8-9H2,1-7H3. The first-order chi connectivity index (χ1) is 8.73. The fourth-order valence-corrected chi connectivity index (χ4v) is 3.12. The first kappa shape index (κ1) is 16.5. The van der Waals surface area contributed by atoms with Crippen LogP contribution in [0.3, 0.4) is 0 Å². The molecule has 0 aliphatic carbocycles. The predicted octanol–water partition coefficient (Wildman–Crippen LogP) is 3.25. The van der Waals surface area contributed by atoms with Gasteiger partial charge in [-0.05, 0) is 37.5 Å². The van der Waals surface area contributed by atoms with Crippen molar-refractivity contribution in [2.75, 3.05) is 0 Å². The van der Waals surface area contributed by atoms with Gasteiger partial charge in [0.05, 0.1) is 12.2 Å². The molecule has 3 heteroatoms. The number of hydrogen-bond donors (Lipinski definition) is 1. The smallest absolute Gasteiger partial charge is 0.241 e. The van der Waals surface area contributed by atoms with Gasteiger partial charge in [-0.2, -0.15) is 0 Å². The van der Waals surface area contributed by atoms with E-state index in [1.807, 2.05) is 0 Å². The molecule has 1 fully saturated rings. The zero-order chi connectivity index (χ0) is 14.7. The van der Waals surface area contributed by atoms with Gasteiger partial charge in [0, 0.05) is 6.04 Å². The fourth-order valence-electron chi connectivity index (χ4n) is 3.12. The van der Waals surface area contributed by atoms with Gasteiger partial charge in [-0.25, -0.2) is 0 Å². The summed E-state index contributed by atoms with van der Waals surface area (Å²) in [6.07, 6.45) is 2.21. The first-order valence-electron chi connectivity index (χ1n) is 7.82. The number of hydrogen-bond acceptors (Lipinski definition) is 2. The molecule has 1 saturated heterocycles. The van der Waals surface area contributed by atoms with E-state index in [1.165, 1.54) is 0 Å². The number of carbonyl (C=O) groups is 1. The van der Waals surface area contributed by atoms with Crippen LogP contribution in [0.2, 0.25) is 0 Å². The number of carbonyl (C=O) groups excluding carboxylic acids is 1. The van der Waals surface area contributed by atoms with Gasteiger partial charge in [0.2, 0.25) is 5.91 Å². The number of amides is 1. The van der Waals surface area contributed by atoms with Crippen molar-refractivity contribution in [3.8, 4) is 0 Å². The van der Waals surface area contributed by atoms with Gasteiger partial charge in [0.1, 0.15) is 0 Å². The Morgan fingerprint density at radius 1 is 1.05 bits per heavy atom. The first-order valence-corrected chi connectivity index (χ1v) is 7.82. The summed E-state index contributed by atoms with van der Waals surface area (Å²) < 4.78 is 0. The molecule has 3 nitrogen and oxygen atoms in total. The fraction of sp³-hybridized carbons (Fsp3) is 0.938. The molecule has 1 rings (SSSR count). The zero-order valence-corrected chi connectivity index (χ0v) is 13.7. The highest BCUT2D eigenvalue weighted by atomic mass is 16.2. The largest absolute Gasteiger partial charge is 0.323 e. The molecule has 0 aromatic heterocycles. The summed E-state index contributed by atoms with van der Waals surface area (Å²) >= 11 is 0. The minimum absolute atomic E-state index is 0.0158. The molecular formula is C16H32N2O. The van der Waals surface area contributed by atoms with E-state index in [0.717, 1.165) is 12.8 Å². The maximum atomic E-state index is 12.6. The third-order valence-electron chi connectivity index (χ3n) is 3.85. The van der Waals surface area contributed by atoms with E-state index in [2.05, 4.69) is 58.7 Å². The Kier molecular flexibility index (Phi) is 5.84. The normalized spacial score (nSPS) is 26.0. The minimum atomic E-state index is 0.0158. The molecule has 0 radical (unpaired) electrons. The molecule has 1 heterocycles. The van der Waals surface area contributed by atoms with Gasteiger partial charge in [-0.15, -0.1) is 0 Å². The Balaban J connectivity index is 2.82. The number of nitrogens with one attached hydrogen (secondary N) is 1. The van der Waals surface area contributed by atoms with Crippen LogP contribution in [-0.2, 0) is 4.79 Å². The molecule has 1 amide bonds. The second kappa shape index (κ2) is 6.74. The van der Waals surface area contributed by atoms with Crippen molar-refractivity contribution in [3.63, 3.8) is 0 Å². The second-order valence-electron chi connectivity index (χ2n) is 7.26. The van der Waals surface area contributed by atoms with Crippen molar-refractivity contribution in [2.45, 2.75) is 79.6 Å². The molecule has 0 aromatic carbocycles. The van der Waals surface area contributed by atoms with E-state index in [9.17, 15) is 4.79 Å². The lowest BCUT2D eigenvalue weighted by molar-refractivity contribution is -0.133. The molecule has 3 atom stereocenters. The van der Waals surface area contributed by atoms with E-state index in [1.54, 1.807) is 0 Å². The molecule has 1 aliphatic rings. The van der Waals surface area contributed by atoms with Gasteiger partial charge in [-0.3, -0.25) is 10.1 Å². The quantitative estimate of drug-likeness (QED) is 0.802. The Morgan fingerprint density at radius 3 is 2.05 bits per heavy atom. The molecule has 112 valence electrons. The average Bonchev–Trinajstić information content (AvgIpc) is 2.54. The lowest BCUT2D eigenvalue weighted by Gasteiger charge is -2.33. The Bertz CT molecular complexity index is 299. The van der Waals surface area contributed by atoms with E-state index in [4.69, 9.17) is 0 Å². The average molecular weight is 268 g/mol. The minimum Gasteiger partial charge on any atom is -0.323 e. The van der Waals surface area contributed by atoms with Crippen molar-refractivity contribution in [2.24, 2.45) is 17.8 Å². The van der Waals surface area contributed by atoms with Crippen LogP contribution in [0.1, 0.15) is 61.3 Å². The molecule has 0 spiro atoms. The second-order valence-corrected chi connectivity index (χ2v) is 7.26. The van der Waals surface area contributed by atoms with Crippen molar-refractivity contribution < 1.29 is 4.79 Å². The molecule has 1 N–H and O–H groups in total. The maximum absolute atomic E-state index is 12.6. The van der Waals surface area contributed by atoms with Gasteiger partial charge < -0.3 is 4.90 Å². The van der Waals surface area contributed by atoms with Gasteiger partial charge >= 0.3 is 0 Å². The molecule has 0 saturated carbocycles. The SMILES string of the molecule is CC(C)CC1NC(C(C)C)N(C(C)CC(C)C)C1=O. The van der Waals surface area contributed by atoms with Crippen LogP contribution < -0.4 is 5.32 Å². The monoisotopic (exact) mass is 268 g/mol. The van der Waals surface area contributed by atoms with Crippen LogP contribution >= 0.6 is 0 Å². The van der Waals surface area contributed by atoms with Gasteiger partial charge in [0.15, 0.2) is 0 Å². The molecule has 0 bridgehead atoms.